The molecule has 0 unspecified atom stereocenters. The molecule has 0 atom stereocenters. The monoisotopic (exact) mass is 465 g/mol. The fourth-order valence-electron chi connectivity index (χ4n) is 2.95. The Morgan fingerprint density at radius 1 is 1.24 bits per heavy atom. The highest BCUT2D eigenvalue weighted by Gasteiger charge is 2.13. The molecule has 0 fully saturated rings. The summed E-state index contributed by atoms with van der Waals surface area (Å²) < 4.78 is 24.2. The Morgan fingerprint density at radius 3 is 2.73 bits per heavy atom. The summed E-state index contributed by atoms with van der Waals surface area (Å²) in [6.07, 6.45) is 5.67. The number of amides is 1. The molecule has 0 saturated carbocycles. The fourth-order valence-corrected chi connectivity index (χ4v) is 3.79. The van der Waals surface area contributed by atoms with Gasteiger partial charge in [-0.1, -0.05) is 31.5 Å². The third-order valence-corrected chi connectivity index (χ3v) is 5.60. The highest BCUT2D eigenvalue weighted by Crippen LogP contribution is 2.29. The third kappa shape index (κ3) is 6.89. The van der Waals surface area contributed by atoms with Crippen molar-refractivity contribution in [3.63, 3.8) is 0 Å². The van der Waals surface area contributed by atoms with E-state index >= 15 is 0 Å². The van der Waals surface area contributed by atoms with Crippen molar-refractivity contribution >= 4 is 28.5 Å². The van der Waals surface area contributed by atoms with Crippen LogP contribution in [0.1, 0.15) is 35.8 Å². The number of nitriles is 1. The Labute approximate surface area is 196 Å². The fraction of sp³-hybridized carbons (Fsp3) is 0.240. The number of carbonyl (C=O) groups excluding carboxylic acids is 1. The molecule has 0 aliphatic rings. The number of anilines is 1. The number of halogens is 1. The van der Waals surface area contributed by atoms with E-state index in [2.05, 4.69) is 17.2 Å². The Balaban J connectivity index is 1.68. The number of nitrogens with one attached hydrogen (secondary N) is 1. The number of ether oxygens (including phenoxy) is 2. The van der Waals surface area contributed by atoms with Crippen molar-refractivity contribution < 1.29 is 18.7 Å². The van der Waals surface area contributed by atoms with E-state index in [1.54, 1.807) is 43.6 Å². The van der Waals surface area contributed by atoms with E-state index in [0.717, 1.165) is 23.3 Å². The standard InChI is InChI=1S/C25H24FN3O3S/c1-3-4-11-32-22-10-7-18(14-23(22)31-2)12-19(15-27)24(30)29-25-28-16-21(33-25)13-17-5-8-20(26)9-6-17/h5-10,12,14,16H,3-4,11,13H2,1-2H3,(H,28,29,30). The second kappa shape index (κ2) is 11.8. The highest BCUT2D eigenvalue weighted by molar-refractivity contribution is 7.15. The van der Waals surface area contributed by atoms with Crippen molar-refractivity contribution in [3.8, 4) is 17.6 Å². The van der Waals surface area contributed by atoms with E-state index in [-0.39, 0.29) is 11.4 Å². The first kappa shape index (κ1) is 24.0. The van der Waals surface area contributed by atoms with Gasteiger partial charge < -0.3 is 9.47 Å². The van der Waals surface area contributed by atoms with Crippen LogP contribution in [-0.4, -0.2) is 24.6 Å². The number of aromatic nitrogens is 1. The average molecular weight is 466 g/mol. The van der Waals surface area contributed by atoms with E-state index in [4.69, 9.17) is 9.47 Å². The van der Waals surface area contributed by atoms with Gasteiger partial charge in [-0.05, 0) is 47.9 Å². The van der Waals surface area contributed by atoms with Crippen LogP contribution in [0, 0.1) is 17.1 Å². The van der Waals surface area contributed by atoms with Gasteiger partial charge in [-0.2, -0.15) is 5.26 Å². The maximum atomic E-state index is 13.1. The predicted molar refractivity (Wildman–Crippen MR) is 127 cm³/mol. The number of rotatable bonds is 10. The number of methoxy groups -OCH3 is 1. The minimum absolute atomic E-state index is 0.0630. The van der Waals surface area contributed by atoms with Crippen molar-refractivity contribution in [2.24, 2.45) is 0 Å². The summed E-state index contributed by atoms with van der Waals surface area (Å²) in [7, 11) is 1.54. The van der Waals surface area contributed by atoms with E-state index in [1.807, 2.05) is 6.07 Å². The molecule has 6 nitrogen and oxygen atoms in total. The number of thiazole rings is 1. The maximum absolute atomic E-state index is 13.1. The first-order valence-electron chi connectivity index (χ1n) is 10.5. The molecule has 3 aromatic rings. The molecule has 8 heteroatoms. The smallest absolute Gasteiger partial charge is 0.268 e. The normalized spacial score (nSPS) is 11.0. The van der Waals surface area contributed by atoms with Gasteiger partial charge >= 0.3 is 0 Å². The Morgan fingerprint density at radius 2 is 2.03 bits per heavy atom. The Bertz CT molecular complexity index is 1170. The molecule has 1 amide bonds. The van der Waals surface area contributed by atoms with Gasteiger partial charge in [0.2, 0.25) is 0 Å². The van der Waals surface area contributed by atoms with Gasteiger partial charge in [-0.25, -0.2) is 9.37 Å². The van der Waals surface area contributed by atoms with E-state index in [0.29, 0.717) is 35.2 Å². The van der Waals surface area contributed by atoms with Gasteiger partial charge in [0.25, 0.3) is 5.91 Å². The second-order valence-corrected chi connectivity index (χ2v) is 8.29. The van der Waals surface area contributed by atoms with Crippen LogP contribution >= 0.6 is 11.3 Å². The molecule has 0 aliphatic carbocycles. The number of unbranched alkanes of at least 4 members (excludes halogenated alkanes) is 1. The van der Waals surface area contributed by atoms with Gasteiger partial charge in [0, 0.05) is 17.5 Å². The van der Waals surface area contributed by atoms with Gasteiger partial charge in [0.1, 0.15) is 17.5 Å². The lowest BCUT2D eigenvalue weighted by molar-refractivity contribution is -0.112. The van der Waals surface area contributed by atoms with Gasteiger partial charge in [-0.3, -0.25) is 10.1 Å². The topological polar surface area (TPSA) is 84.2 Å². The van der Waals surface area contributed by atoms with Gasteiger partial charge in [0.05, 0.1) is 13.7 Å². The largest absolute Gasteiger partial charge is 0.493 e. The number of hydrogen-bond donors (Lipinski definition) is 1. The lowest BCUT2D eigenvalue weighted by atomic mass is 10.1. The van der Waals surface area contributed by atoms with Gasteiger partial charge in [0.15, 0.2) is 16.6 Å². The summed E-state index contributed by atoms with van der Waals surface area (Å²) >= 11 is 1.30. The van der Waals surface area contributed by atoms with Crippen LogP contribution in [0.3, 0.4) is 0 Å². The first-order valence-corrected chi connectivity index (χ1v) is 11.3. The molecule has 3 rings (SSSR count). The van der Waals surface area contributed by atoms with Crippen LogP contribution in [0.15, 0.2) is 54.2 Å². The lowest BCUT2D eigenvalue weighted by Gasteiger charge is -2.11. The molecule has 33 heavy (non-hydrogen) atoms. The predicted octanol–water partition coefficient (Wildman–Crippen LogP) is 5.61. The molecule has 1 aromatic heterocycles. The summed E-state index contributed by atoms with van der Waals surface area (Å²) in [5.74, 6) is 0.302. The van der Waals surface area contributed by atoms with Crippen LogP contribution < -0.4 is 14.8 Å². The molecule has 0 aliphatic heterocycles. The quantitative estimate of drug-likeness (QED) is 0.239. The molecule has 0 radical (unpaired) electrons. The molecular weight excluding hydrogens is 441 g/mol. The van der Waals surface area contributed by atoms with Crippen molar-refractivity contribution in [2.75, 3.05) is 19.0 Å². The molecule has 1 N–H and O–H groups in total. The van der Waals surface area contributed by atoms with E-state index in [9.17, 15) is 14.4 Å². The zero-order valence-corrected chi connectivity index (χ0v) is 19.2. The third-order valence-electron chi connectivity index (χ3n) is 4.68. The van der Waals surface area contributed by atoms with Crippen LogP contribution in [0.25, 0.3) is 6.08 Å². The molecule has 170 valence electrons. The Kier molecular flexibility index (Phi) is 8.56. The summed E-state index contributed by atoms with van der Waals surface area (Å²) in [5.41, 5.74) is 1.51. The van der Waals surface area contributed by atoms with Crippen molar-refractivity contribution in [1.29, 1.82) is 5.26 Å². The highest BCUT2D eigenvalue weighted by atomic mass is 32.1. The van der Waals surface area contributed by atoms with Crippen molar-refractivity contribution in [3.05, 3.63) is 76.1 Å². The number of carbonyl (C=O) groups is 1. The number of hydrogen-bond acceptors (Lipinski definition) is 6. The minimum Gasteiger partial charge on any atom is -0.493 e. The second-order valence-electron chi connectivity index (χ2n) is 7.17. The zero-order valence-electron chi connectivity index (χ0n) is 18.4. The summed E-state index contributed by atoms with van der Waals surface area (Å²) in [6, 6.07) is 13.4. The lowest BCUT2D eigenvalue weighted by Crippen LogP contribution is -2.13. The average Bonchev–Trinajstić information content (AvgIpc) is 3.26. The maximum Gasteiger partial charge on any atom is 0.268 e. The first-order chi connectivity index (χ1) is 16.0. The zero-order chi connectivity index (χ0) is 23.6. The van der Waals surface area contributed by atoms with E-state index < -0.39 is 5.91 Å². The van der Waals surface area contributed by atoms with Crippen molar-refractivity contribution in [2.45, 2.75) is 26.2 Å². The van der Waals surface area contributed by atoms with Crippen LogP contribution in [0.2, 0.25) is 0 Å². The number of nitrogens with zero attached hydrogens (tertiary/aromatic N) is 2. The SMILES string of the molecule is CCCCOc1ccc(C=C(C#N)C(=O)Nc2ncc(Cc3ccc(F)cc3)s2)cc1OC. The molecule has 0 bridgehead atoms. The molecular formula is C25H24FN3O3S. The van der Waals surface area contributed by atoms with Crippen LogP contribution in [0.5, 0.6) is 11.5 Å². The molecule has 2 aromatic carbocycles. The van der Waals surface area contributed by atoms with Crippen LogP contribution in [0.4, 0.5) is 9.52 Å². The summed E-state index contributed by atoms with van der Waals surface area (Å²) in [6.45, 7) is 2.67. The summed E-state index contributed by atoms with van der Waals surface area (Å²) in [4.78, 5) is 17.7. The Hall–Kier alpha value is -3.70. The molecule has 0 saturated heterocycles. The van der Waals surface area contributed by atoms with E-state index in [1.165, 1.54) is 29.5 Å². The summed E-state index contributed by atoms with van der Waals surface area (Å²) in [5, 5.41) is 12.5. The van der Waals surface area contributed by atoms with Gasteiger partial charge in [-0.15, -0.1) is 11.3 Å². The molecule has 1 heterocycles. The molecule has 0 spiro atoms. The number of benzene rings is 2. The minimum atomic E-state index is -0.553. The van der Waals surface area contributed by atoms with Crippen LogP contribution in [-0.2, 0) is 11.2 Å². The van der Waals surface area contributed by atoms with Crippen molar-refractivity contribution in [1.82, 2.24) is 4.98 Å².